The molecule has 1 aromatic heterocycles. The topological polar surface area (TPSA) is 76.5 Å². The van der Waals surface area contributed by atoms with E-state index in [1.807, 2.05) is 4.90 Å². The summed E-state index contributed by atoms with van der Waals surface area (Å²) >= 11 is 5.88. The Kier molecular flexibility index (Phi) is 5.92. The van der Waals surface area contributed by atoms with E-state index in [1.54, 1.807) is 24.0 Å². The number of nitrogens with zero attached hydrogens (tertiary/aromatic N) is 3. The molecule has 0 radical (unpaired) electrons. The lowest BCUT2D eigenvalue weighted by atomic mass is 9.77. The molecule has 4 atom stereocenters. The van der Waals surface area contributed by atoms with Gasteiger partial charge in [0.05, 0.1) is 23.4 Å². The normalized spacial score (nSPS) is 29.6. The Morgan fingerprint density at radius 3 is 2.68 bits per heavy atom. The second kappa shape index (κ2) is 8.41. The van der Waals surface area contributed by atoms with Crippen LogP contribution in [0.2, 0.25) is 5.02 Å². The van der Waals surface area contributed by atoms with Crippen LogP contribution >= 0.6 is 11.6 Å². The predicted molar refractivity (Wildman–Crippen MR) is 105 cm³/mol. The molecule has 0 bridgehead atoms. The Morgan fingerprint density at radius 1 is 1.29 bits per heavy atom. The third-order valence-corrected chi connectivity index (χ3v) is 6.45. The summed E-state index contributed by atoms with van der Waals surface area (Å²) in [7, 11) is 0. The van der Waals surface area contributed by atoms with E-state index in [-0.39, 0.29) is 24.0 Å². The fraction of sp³-hybridized carbons (Fsp3) is 0.750. The van der Waals surface area contributed by atoms with Crippen LogP contribution in [0.25, 0.3) is 0 Å². The summed E-state index contributed by atoms with van der Waals surface area (Å²) in [6, 6.07) is 0.0544. The highest BCUT2D eigenvalue weighted by Crippen LogP contribution is 2.39. The lowest BCUT2D eigenvalue weighted by Gasteiger charge is -2.38. The highest BCUT2D eigenvalue weighted by Gasteiger charge is 2.44. The summed E-state index contributed by atoms with van der Waals surface area (Å²) in [6.07, 6.45) is 8.12. The van der Waals surface area contributed by atoms with Crippen LogP contribution in [0, 0.1) is 17.8 Å². The Morgan fingerprint density at radius 2 is 2.04 bits per heavy atom. The summed E-state index contributed by atoms with van der Waals surface area (Å²) in [4.78, 5) is 26.3. The van der Waals surface area contributed by atoms with Crippen molar-refractivity contribution in [3.63, 3.8) is 0 Å². The van der Waals surface area contributed by atoms with Crippen LogP contribution in [-0.2, 0) is 20.9 Å². The molecule has 2 amide bonds. The number of rotatable bonds is 7. The van der Waals surface area contributed by atoms with Gasteiger partial charge in [0.1, 0.15) is 0 Å². The Labute approximate surface area is 170 Å². The van der Waals surface area contributed by atoms with Gasteiger partial charge in [0.15, 0.2) is 0 Å². The molecule has 1 aromatic rings. The highest BCUT2D eigenvalue weighted by atomic mass is 35.5. The fourth-order valence-corrected chi connectivity index (χ4v) is 4.74. The van der Waals surface area contributed by atoms with Gasteiger partial charge in [-0.25, -0.2) is 0 Å². The molecular formula is C20H29ClN4O3. The van der Waals surface area contributed by atoms with Crippen molar-refractivity contribution in [3.8, 4) is 0 Å². The number of ether oxygens (including phenoxy) is 1. The summed E-state index contributed by atoms with van der Waals surface area (Å²) in [5.41, 5.74) is 0. The molecule has 0 aromatic carbocycles. The molecule has 2 heterocycles. The minimum Gasteiger partial charge on any atom is -0.376 e. The van der Waals surface area contributed by atoms with Crippen LogP contribution in [0.15, 0.2) is 12.4 Å². The standard InChI is InChI=1S/C20H29ClN4O3/c1-13(26)23-18-6-15-9-24(20(27)4-5-25-11-17(21)8-22-25)10-16(15)7-19(18)28-12-14-2-3-14/h8,11,14-16,18-19H,2-7,9-10,12H2,1H3,(H,23,26)/t15-,16+,18-,19-/m1/s1. The number of nitrogens with one attached hydrogen (secondary N) is 1. The average Bonchev–Trinajstić information content (AvgIpc) is 3.24. The number of aromatic nitrogens is 2. The molecule has 2 saturated carbocycles. The number of likely N-dealkylation sites (tertiary alicyclic amines) is 1. The Bertz CT molecular complexity index is 720. The first kappa shape index (κ1) is 19.7. The zero-order chi connectivity index (χ0) is 19.7. The summed E-state index contributed by atoms with van der Waals surface area (Å²) in [5.74, 6) is 1.74. The third kappa shape index (κ3) is 4.87. The Balaban J connectivity index is 1.32. The van der Waals surface area contributed by atoms with Gasteiger partial charge < -0.3 is 15.0 Å². The number of halogens is 1. The first-order valence-corrected chi connectivity index (χ1v) is 10.7. The number of aryl methyl sites for hydroxylation is 1. The molecule has 0 spiro atoms. The fourth-order valence-electron chi connectivity index (χ4n) is 4.59. The van der Waals surface area contributed by atoms with E-state index >= 15 is 0 Å². The van der Waals surface area contributed by atoms with Crippen molar-refractivity contribution in [2.75, 3.05) is 19.7 Å². The number of hydrogen-bond donors (Lipinski definition) is 1. The van der Waals surface area contributed by atoms with Crippen molar-refractivity contribution < 1.29 is 14.3 Å². The van der Waals surface area contributed by atoms with Crippen LogP contribution in [0.5, 0.6) is 0 Å². The van der Waals surface area contributed by atoms with Gasteiger partial charge in [-0.05, 0) is 43.4 Å². The maximum absolute atomic E-state index is 12.7. The van der Waals surface area contributed by atoms with Gasteiger partial charge in [0.25, 0.3) is 0 Å². The van der Waals surface area contributed by atoms with Crippen LogP contribution in [0.4, 0.5) is 0 Å². The van der Waals surface area contributed by atoms with Crippen LogP contribution in [-0.4, -0.2) is 58.3 Å². The first-order valence-electron chi connectivity index (χ1n) is 10.3. The lowest BCUT2D eigenvalue weighted by Crippen LogP contribution is -2.50. The van der Waals surface area contributed by atoms with Crippen molar-refractivity contribution in [2.24, 2.45) is 17.8 Å². The highest BCUT2D eigenvalue weighted by molar-refractivity contribution is 6.30. The van der Waals surface area contributed by atoms with E-state index in [0.717, 1.165) is 32.5 Å². The summed E-state index contributed by atoms with van der Waals surface area (Å²) < 4.78 is 7.90. The maximum Gasteiger partial charge on any atom is 0.224 e. The number of amides is 2. The van der Waals surface area contributed by atoms with E-state index in [4.69, 9.17) is 16.3 Å². The Hall–Kier alpha value is -1.60. The van der Waals surface area contributed by atoms with Gasteiger partial charge in [0, 0.05) is 45.8 Å². The van der Waals surface area contributed by atoms with Crippen molar-refractivity contribution in [2.45, 2.75) is 57.7 Å². The molecular weight excluding hydrogens is 380 g/mol. The van der Waals surface area contributed by atoms with Crippen molar-refractivity contribution in [3.05, 3.63) is 17.4 Å². The van der Waals surface area contributed by atoms with E-state index in [9.17, 15) is 9.59 Å². The van der Waals surface area contributed by atoms with E-state index in [2.05, 4.69) is 10.4 Å². The number of carbonyl (C=O) groups excluding carboxylic acids is 2. The third-order valence-electron chi connectivity index (χ3n) is 6.26. The van der Waals surface area contributed by atoms with Crippen LogP contribution in [0.1, 0.15) is 39.0 Å². The molecule has 1 saturated heterocycles. The van der Waals surface area contributed by atoms with Gasteiger partial charge in [-0.2, -0.15) is 5.10 Å². The van der Waals surface area contributed by atoms with E-state index < -0.39 is 0 Å². The van der Waals surface area contributed by atoms with E-state index in [1.165, 1.54) is 12.8 Å². The maximum atomic E-state index is 12.7. The number of hydrogen-bond acceptors (Lipinski definition) is 4. The molecule has 8 heteroatoms. The van der Waals surface area contributed by atoms with E-state index in [0.29, 0.717) is 35.7 Å². The molecule has 7 nitrogen and oxygen atoms in total. The lowest BCUT2D eigenvalue weighted by molar-refractivity contribution is -0.130. The van der Waals surface area contributed by atoms with Gasteiger partial charge in [-0.1, -0.05) is 11.6 Å². The van der Waals surface area contributed by atoms with Crippen LogP contribution < -0.4 is 5.32 Å². The van der Waals surface area contributed by atoms with Gasteiger partial charge in [0.2, 0.25) is 11.8 Å². The molecule has 28 heavy (non-hydrogen) atoms. The minimum absolute atomic E-state index is 0.00714. The largest absolute Gasteiger partial charge is 0.376 e. The molecule has 1 N–H and O–H groups in total. The molecule has 1 aliphatic heterocycles. The summed E-state index contributed by atoms with van der Waals surface area (Å²) in [6.45, 7) is 4.47. The summed E-state index contributed by atoms with van der Waals surface area (Å²) in [5, 5.41) is 7.81. The average molecular weight is 409 g/mol. The van der Waals surface area contributed by atoms with Gasteiger partial charge in [-0.15, -0.1) is 0 Å². The first-order chi connectivity index (χ1) is 13.5. The van der Waals surface area contributed by atoms with Gasteiger partial charge >= 0.3 is 0 Å². The van der Waals surface area contributed by atoms with Crippen LogP contribution in [0.3, 0.4) is 0 Å². The zero-order valence-electron chi connectivity index (χ0n) is 16.3. The second-order valence-corrected chi connectivity index (χ2v) is 9.02. The SMILES string of the molecule is CC(=O)N[C@@H]1C[C@@H]2CN(C(=O)CCn3cc(Cl)cn3)C[C@@H]2C[C@H]1OCC1CC1. The van der Waals surface area contributed by atoms with Gasteiger partial charge in [-0.3, -0.25) is 14.3 Å². The quantitative estimate of drug-likeness (QED) is 0.749. The van der Waals surface area contributed by atoms with Crippen molar-refractivity contribution >= 4 is 23.4 Å². The molecule has 0 unspecified atom stereocenters. The number of fused-ring (bicyclic) bond motifs is 1. The monoisotopic (exact) mass is 408 g/mol. The second-order valence-electron chi connectivity index (χ2n) is 8.58. The minimum atomic E-state index is -0.00714. The zero-order valence-corrected chi connectivity index (χ0v) is 17.1. The molecule has 2 aliphatic carbocycles. The predicted octanol–water partition coefficient (Wildman–Crippen LogP) is 2.09. The molecule has 3 fully saturated rings. The molecule has 4 rings (SSSR count). The molecule has 3 aliphatic rings. The molecule has 154 valence electrons. The smallest absolute Gasteiger partial charge is 0.224 e. The van der Waals surface area contributed by atoms with Crippen molar-refractivity contribution in [1.82, 2.24) is 20.0 Å². The van der Waals surface area contributed by atoms with Crippen molar-refractivity contribution in [1.29, 1.82) is 0 Å². The number of carbonyl (C=O) groups is 2.